The second-order valence-electron chi connectivity index (χ2n) is 7.59. The molecule has 0 saturated carbocycles. The van der Waals surface area contributed by atoms with Crippen LogP contribution in [0.4, 0.5) is 4.39 Å². The third-order valence-corrected chi connectivity index (χ3v) is 5.13. The predicted octanol–water partition coefficient (Wildman–Crippen LogP) is 4.41. The van der Waals surface area contributed by atoms with Gasteiger partial charge in [0.2, 0.25) is 0 Å². The molecule has 0 N–H and O–H groups in total. The van der Waals surface area contributed by atoms with Crippen molar-refractivity contribution in [2.75, 3.05) is 0 Å². The second kappa shape index (κ2) is 8.02. The van der Waals surface area contributed by atoms with Crippen molar-refractivity contribution < 1.29 is 9.13 Å². The van der Waals surface area contributed by atoms with Gasteiger partial charge in [0.1, 0.15) is 18.1 Å². The molecule has 0 aliphatic rings. The molecule has 0 fully saturated rings. The summed E-state index contributed by atoms with van der Waals surface area (Å²) in [6.45, 7) is 6.44. The van der Waals surface area contributed by atoms with Crippen LogP contribution in [0.1, 0.15) is 36.2 Å². The van der Waals surface area contributed by atoms with Gasteiger partial charge in [0, 0.05) is 5.41 Å². The lowest BCUT2D eigenvalue weighted by Gasteiger charge is -2.26. The summed E-state index contributed by atoms with van der Waals surface area (Å²) in [5, 5.41) is 7.91. The van der Waals surface area contributed by atoms with Crippen molar-refractivity contribution in [1.82, 2.24) is 25.0 Å². The highest BCUT2D eigenvalue weighted by Gasteiger charge is 2.23. The average Bonchev–Trinajstić information content (AvgIpc) is 3.29. The van der Waals surface area contributed by atoms with E-state index in [1.165, 1.54) is 33.9 Å². The molecule has 0 amide bonds. The number of hydrogen-bond donors (Lipinski definition) is 0. The van der Waals surface area contributed by atoms with E-state index in [4.69, 9.17) is 4.74 Å². The van der Waals surface area contributed by atoms with Crippen LogP contribution < -0.4 is 4.74 Å². The monoisotopic (exact) mass is 403 g/mol. The molecule has 0 atom stereocenters. The first-order chi connectivity index (χ1) is 14.4. The van der Waals surface area contributed by atoms with Crippen LogP contribution in [0.15, 0.2) is 67.1 Å². The van der Waals surface area contributed by atoms with Gasteiger partial charge in [0.15, 0.2) is 5.82 Å². The highest BCUT2D eigenvalue weighted by Crippen LogP contribution is 2.32. The second-order valence-corrected chi connectivity index (χ2v) is 7.59. The summed E-state index contributed by atoms with van der Waals surface area (Å²) in [5.41, 5.74) is 3.64. The van der Waals surface area contributed by atoms with Gasteiger partial charge in [-0.15, -0.1) is 4.80 Å². The van der Waals surface area contributed by atoms with Gasteiger partial charge in [0.25, 0.3) is 5.95 Å². The fraction of sp³-hybridized carbons (Fsp3) is 0.217. The summed E-state index contributed by atoms with van der Waals surface area (Å²) in [6.07, 6.45) is 4.10. The fourth-order valence-corrected chi connectivity index (χ4v) is 3.16. The Labute approximate surface area is 174 Å². The van der Waals surface area contributed by atoms with Crippen molar-refractivity contribution in [2.45, 2.75) is 32.8 Å². The van der Waals surface area contributed by atoms with Crippen LogP contribution in [0.3, 0.4) is 0 Å². The zero-order valence-electron chi connectivity index (χ0n) is 17.1. The summed E-state index contributed by atoms with van der Waals surface area (Å²) < 4.78 is 19.8. The van der Waals surface area contributed by atoms with E-state index in [-0.39, 0.29) is 23.7 Å². The minimum absolute atomic E-state index is 0.0245. The number of ether oxygens (including phenoxy) is 1. The molecule has 152 valence electrons. The minimum atomic E-state index is -0.539. The van der Waals surface area contributed by atoms with Crippen molar-refractivity contribution in [3.05, 3.63) is 95.3 Å². The Bertz CT molecular complexity index is 1120. The zero-order valence-corrected chi connectivity index (χ0v) is 17.1. The molecule has 4 rings (SSSR count). The molecule has 4 aromatic rings. The van der Waals surface area contributed by atoms with E-state index in [2.05, 4.69) is 65.2 Å². The Balaban J connectivity index is 1.48. The Kier molecular flexibility index (Phi) is 5.27. The summed E-state index contributed by atoms with van der Waals surface area (Å²) >= 11 is 0. The first-order valence-corrected chi connectivity index (χ1v) is 9.62. The molecule has 0 bridgehead atoms. The van der Waals surface area contributed by atoms with Crippen LogP contribution in [0.5, 0.6) is 5.75 Å². The number of nitrogens with zero attached hydrogens (tertiary/aromatic N) is 5. The molecule has 0 spiro atoms. The number of hydrogen-bond acceptors (Lipinski definition) is 5. The van der Waals surface area contributed by atoms with Gasteiger partial charge in [0.05, 0.1) is 18.6 Å². The average molecular weight is 403 g/mol. The van der Waals surface area contributed by atoms with Gasteiger partial charge in [-0.25, -0.2) is 14.4 Å². The van der Waals surface area contributed by atoms with Crippen LogP contribution in [0, 0.1) is 12.7 Å². The standard InChI is InChI=1S/C23H22FN5O/c1-16-4-6-17(7-5-16)23(2,3)18-8-10-19(11-9-18)30-15-21-20(24)14-25-22(28-21)29-26-12-13-27-29/h4-14H,15H2,1-3H3. The van der Waals surface area contributed by atoms with E-state index in [9.17, 15) is 4.39 Å². The Morgan fingerprint density at radius 1 is 0.933 bits per heavy atom. The lowest BCUT2D eigenvalue weighted by Crippen LogP contribution is -2.18. The third kappa shape index (κ3) is 4.05. The smallest absolute Gasteiger partial charge is 0.269 e. The minimum Gasteiger partial charge on any atom is -0.487 e. The normalized spacial score (nSPS) is 11.5. The van der Waals surface area contributed by atoms with Gasteiger partial charge in [-0.05, 0) is 30.2 Å². The third-order valence-electron chi connectivity index (χ3n) is 5.13. The van der Waals surface area contributed by atoms with Crippen LogP contribution in [0.2, 0.25) is 0 Å². The largest absolute Gasteiger partial charge is 0.487 e. The predicted molar refractivity (Wildman–Crippen MR) is 111 cm³/mol. The van der Waals surface area contributed by atoms with Crippen LogP contribution in [-0.2, 0) is 12.0 Å². The first-order valence-electron chi connectivity index (χ1n) is 9.62. The summed E-state index contributed by atoms with van der Waals surface area (Å²) in [5.74, 6) is 0.286. The lowest BCUT2D eigenvalue weighted by molar-refractivity contribution is 0.293. The Hall–Kier alpha value is -3.61. The quantitative estimate of drug-likeness (QED) is 0.477. The molecule has 2 heterocycles. The maximum Gasteiger partial charge on any atom is 0.269 e. The molecule has 30 heavy (non-hydrogen) atoms. The van der Waals surface area contributed by atoms with E-state index in [0.29, 0.717) is 5.75 Å². The molecule has 0 aliphatic heterocycles. The van der Waals surface area contributed by atoms with E-state index < -0.39 is 5.82 Å². The SMILES string of the molecule is Cc1ccc(C(C)(C)c2ccc(OCc3nc(-n4nccn4)ncc3F)cc2)cc1. The van der Waals surface area contributed by atoms with E-state index in [1.54, 1.807) is 0 Å². The fourth-order valence-electron chi connectivity index (χ4n) is 3.16. The topological polar surface area (TPSA) is 65.7 Å². The van der Waals surface area contributed by atoms with Crippen LogP contribution >= 0.6 is 0 Å². The van der Waals surface area contributed by atoms with Crippen molar-refractivity contribution in [2.24, 2.45) is 0 Å². The molecular formula is C23H22FN5O. The molecular weight excluding hydrogens is 381 g/mol. The maximum atomic E-state index is 14.1. The summed E-state index contributed by atoms with van der Waals surface area (Å²) in [6, 6.07) is 16.4. The van der Waals surface area contributed by atoms with Gasteiger partial charge in [-0.1, -0.05) is 55.8 Å². The van der Waals surface area contributed by atoms with Gasteiger partial charge < -0.3 is 4.74 Å². The molecule has 0 aliphatic carbocycles. The first kappa shape index (κ1) is 19.7. The van der Waals surface area contributed by atoms with E-state index in [1.807, 2.05) is 24.3 Å². The van der Waals surface area contributed by atoms with Crippen LogP contribution in [-0.4, -0.2) is 25.0 Å². The van der Waals surface area contributed by atoms with Gasteiger partial charge in [-0.3, -0.25) is 0 Å². The molecule has 0 unspecified atom stereocenters. The lowest BCUT2D eigenvalue weighted by atomic mass is 9.78. The Morgan fingerprint density at radius 3 is 2.17 bits per heavy atom. The molecule has 2 aromatic heterocycles. The van der Waals surface area contributed by atoms with E-state index >= 15 is 0 Å². The molecule has 7 heteroatoms. The molecule has 6 nitrogen and oxygen atoms in total. The highest BCUT2D eigenvalue weighted by molar-refractivity contribution is 5.40. The van der Waals surface area contributed by atoms with Crippen molar-refractivity contribution in [3.8, 4) is 11.7 Å². The highest BCUT2D eigenvalue weighted by atomic mass is 19.1. The van der Waals surface area contributed by atoms with Crippen molar-refractivity contribution in [3.63, 3.8) is 0 Å². The van der Waals surface area contributed by atoms with Crippen molar-refractivity contribution >= 4 is 0 Å². The number of rotatable bonds is 6. The number of halogens is 1. The van der Waals surface area contributed by atoms with E-state index in [0.717, 1.165) is 6.20 Å². The summed E-state index contributed by atoms with van der Waals surface area (Å²) in [7, 11) is 0. The molecule has 0 saturated heterocycles. The van der Waals surface area contributed by atoms with Gasteiger partial charge >= 0.3 is 0 Å². The van der Waals surface area contributed by atoms with Crippen LogP contribution in [0.25, 0.3) is 5.95 Å². The number of aromatic nitrogens is 5. The zero-order chi connectivity index (χ0) is 21.1. The van der Waals surface area contributed by atoms with Crippen molar-refractivity contribution in [1.29, 1.82) is 0 Å². The summed E-state index contributed by atoms with van der Waals surface area (Å²) in [4.78, 5) is 9.29. The maximum absolute atomic E-state index is 14.1. The Morgan fingerprint density at radius 2 is 1.53 bits per heavy atom. The number of benzene rings is 2. The molecule has 2 aromatic carbocycles. The molecule has 0 radical (unpaired) electrons. The van der Waals surface area contributed by atoms with Gasteiger partial charge in [-0.2, -0.15) is 10.2 Å². The number of aryl methyl sites for hydroxylation is 1.